The second kappa shape index (κ2) is 7.87. The molecule has 0 fully saturated rings. The highest BCUT2D eigenvalue weighted by atomic mass is 19.4. The van der Waals surface area contributed by atoms with E-state index >= 15 is 0 Å². The minimum absolute atomic E-state index is 0.103. The van der Waals surface area contributed by atoms with Crippen molar-refractivity contribution in [3.63, 3.8) is 0 Å². The van der Waals surface area contributed by atoms with Crippen molar-refractivity contribution in [2.75, 3.05) is 17.2 Å². The number of pyridine rings is 1. The van der Waals surface area contributed by atoms with Gasteiger partial charge in [0.05, 0.1) is 29.1 Å². The number of benzene rings is 1. The molecule has 0 amide bonds. The number of anilines is 2. The van der Waals surface area contributed by atoms with Gasteiger partial charge in [-0.05, 0) is 25.5 Å². The van der Waals surface area contributed by atoms with Gasteiger partial charge in [0.15, 0.2) is 0 Å². The van der Waals surface area contributed by atoms with Crippen LogP contribution in [-0.2, 0) is 6.18 Å². The van der Waals surface area contributed by atoms with E-state index in [1.54, 1.807) is 0 Å². The number of fused-ring (bicyclic) bond motifs is 1. The molecule has 31 heavy (non-hydrogen) atoms. The van der Waals surface area contributed by atoms with E-state index in [1.165, 1.54) is 6.20 Å². The van der Waals surface area contributed by atoms with Gasteiger partial charge >= 0.3 is 6.18 Å². The number of alkyl halides is 3. The molecule has 0 saturated heterocycles. The van der Waals surface area contributed by atoms with Crippen molar-refractivity contribution in [3.8, 4) is 6.07 Å². The summed E-state index contributed by atoms with van der Waals surface area (Å²) in [6.07, 6.45) is -2.31. The lowest BCUT2D eigenvalue weighted by Crippen LogP contribution is -2.14. The molecule has 1 aliphatic heterocycles. The quantitative estimate of drug-likeness (QED) is 0.626. The normalized spacial score (nSPS) is 16.2. The van der Waals surface area contributed by atoms with Crippen LogP contribution in [0.4, 0.5) is 24.9 Å². The number of nitrogens with one attached hydrogen (secondary N) is 2. The van der Waals surface area contributed by atoms with Crippen LogP contribution in [-0.4, -0.2) is 21.5 Å². The molecule has 4 rings (SSSR count). The summed E-state index contributed by atoms with van der Waals surface area (Å²) in [5, 5.41) is 15.7. The molecule has 0 aliphatic carbocycles. The van der Waals surface area contributed by atoms with Crippen LogP contribution in [0, 0.1) is 18.3 Å². The van der Waals surface area contributed by atoms with Gasteiger partial charge in [-0.25, -0.2) is 15.0 Å². The van der Waals surface area contributed by atoms with Gasteiger partial charge in [0.2, 0.25) is 5.95 Å². The van der Waals surface area contributed by atoms with Crippen LogP contribution >= 0.6 is 0 Å². The van der Waals surface area contributed by atoms with Crippen LogP contribution < -0.4 is 10.6 Å². The van der Waals surface area contributed by atoms with Gasteiger partial charge in [0.25, 0.3) is 0 Å². The van der Waals surface area contributed by atoms with E-state index in [9.17, 15) is 18.4 Å². The van der Waals surface area contributed by atoms with Crippen molar-refractivity contribution >= 4 is 11.8 Å². The van der Waals surface area contributed by atoms with Crippen LogP contribution in [0.1, 0.15) is 52.4 Å². The Kier molecular flexibility index (Phi) is 5.23. The van der Waals surface area contributed by atoms with Crippen molar-refractivity contribution in [3.05, 3.63) is 76.2 Å². The van der Waals surface area contributed by atoms with Crippen molar-refractivity contribution in [2.24, 2.45) is 0 Å². The Labute approximate surface area is 177 Å². The first-order chi connectivity index (χ1) is 14.8. The SMILES string of the molecule is Cc1ccc([C@@H](C)Nc2ncc(C#N)c(C3CNc4ncc(C(F)(F)F)cc43)n2)cc1. The molecule has 2 atom stereocenters. The summed E-state index contributed by atoms with van der Waals surface area (Å²) in [4.78, 5) is 12.6. The molecule has 1 aliphatic rings. The first-order valence-corrected chi connectivity index (χ1v) is 9.67. The zero-order chi connectivity index (χ0) is 22.2. The monoisotopic (exact) mass is 424 g/mol. The topological polar surface area (TPSA) is 86.5 Å². The van der Waals surface area contributed by atoms with Crippen molar-refractivity contribution in [2.45, 2.75) is 32.0 Å². The third-order valence-corrected chi connectivity index (χ3v) is 5.29. The van der Waals surface area contributed by atoms with Gasteiger partial charge in [-0.1, -0.05) is 29.8 Å². The van der Waals surface area contributed by atoms with Crippen molar-refractivity contribution in [1.29, 1.82) is 5.26 Å². The number of aryl methyl sites for hydroxylation is 1. The maximum Gasteiger partial charge on any atom is 0.417 e. The van der Waals surface area contributed by atoms with Crippen LogP contribution in [0.5, 0.6) is 0 Å². The zero-order valence-corrected chi connectivity index (χ0v) is 16.8. The maximum atomic E-state index is 13.2. The molecular weight excluding hydrogens is 405 g/mol. The lowest BCUT2D eigenvalue weighted by Gasteiger charge is -2.17. The molecule has 6 nitrogen and oxygen atoms in total. The lowest BCUT2D eigenvalue weighted by molar-refractivity contribution is -0.137. The summed E-state index contributed by atoms with van der Waals surface area (Å²) in [5.41, 5.74) is 2.29. The van der Waals surface area contributed by atoms with E-state index in [-0.39, 0.29) is 11.6 Å². The molecular formula is C22H19F3N6. The Morgan fingerprint density at radius 1 is 1.19 bits per heavy atom. The number of aromatic nitrogens is 3. The fourth-order valence-electron chi connectivity index (χ4n) is 3.55. The van der Waals surface area contributed by atoms with Crippen LogP contribution in [0.15, 0.2) is 42.7 Å². The molecule has 3 aromatic rings. The number of halogens is 3. The summed E-state index contributed by atoms with van der Waals surface area (Å²) in [5.74, 6) is 0.121. The zero-order valence-electron chi connectivity index (χ0n) is 16.8. The third kappa shape index (κ3) is 4.14. The summed E-state index contributed by atoms with van der Waals surface area (Å²) in [6.45, 7) is 4.25. The molecule has 2 aromatic heterocycles. The highest BCUT2D eigenvalue weighted by Gasteiger charge is 2.35. The predicted molar refractivity (Wildman–Crippen MR) is 110 cm³/mol. The Morgan fingerprint density at radius 3 is 2.61 bits per heavy atom. The molecule has 2 N–H and O–H groups in total. The lowest BCUT2D eigenvalue weighted by atomic mass is 9.95. The van der Waals surface area contributed by atoms with Gasteiger partial charge in [-0.3, -0.25) is 0 Å². The Hall–Kier alpha value is -3.67. The molecule has 0 saturated carbocycles. The van der Waals surface area contributed by atoms with E-state index in [1.807, 2.05) is 44.2 Å². The molecule has 158 valence electrons. The Balaban J connectivity index is 1.67. The van der Waals surface area contributed by atoms with E-state index in [2.05, 4.69) is 25.6 Å². The largest absolute Gasteiger partial charge is 0.417 e. The van der Waals surface area contributed by atoms with Gasteiger partial charge in [-0.2, -0.15) is 18.4 Å². The molecule has 0 spiro atoms. The fourth-order valence-corrected chi connectivity index (χ4v) is 3.55. The van der Waals surface area contributed by atoms with E-state index in [0.29, 0.717) is 29.6 Å². The molecule has 9 heteroatoms. The minimum Gasteiger partial charge on any atom is -0.369 e. The first kappa shape index (κ1) is 20.6. The molecule has 3 heterocycles. The predicted octanol–water partition coefficient (Wildman–Crippen LogP) is 4.80. The number of rotatable bonds is 4. The standard InChI is InChI=1S/C22H19F3N6/c1-12-3-5-14(6-4-12)13(2)30-21-29-9-15(8-26)19(31-21)18-11-28-20-17(18)7-16(10-27-20)22(23,24)25/h3-7,9-10,13,18H,11H2,1-2H3,(H,27,28)(H,29,30,31)/t13-,18?/m1/s1. The average Bonchev–Trinajstić information content (AvgIpc) is 3.16. The van der Waals surface area contributed by atoms with Gasteiger partial charge < -0.3 is 10.6 Å². The number of nitriles is 1. The summed E-state index contributed by atoms with van der Waals surface area (Å²) < 4.78 is 39.5. The maximum absolute atomic E-state index is 13.2. The Bertz CT molecular complexity index is 1150. The number of hydrogen-bond acceptors (Lipinski definition) is 6. The molecule has 1 unspecified atom stereocenters. The van der Waals surface area contributed by atoms with Crippen LogP contribution in [0.3, 0.4) is 0 Å². The van der Waals surface area contributed by atoms with Gasteiger partial charge in [-0.15, -0.1) is 0 Å². The van der Waals surface area contributed by atoms with E-state index in [4.69, 9.17) is 0 Å². The highest BCUT2D eigenvalue weighted by molar-refractivity contribution is 5.58. The fraction of sp³-hybridized carbons (Fsp3) is 0.273. The summed E-state index contributed by atoms with van der Waals surface area (Å²) in [6, 6.07) is 11.0. The highest BCUT2D eigenvalue weighted by Crippen LogP contribution is 2.39. The molecule has 0 radical (unpaired) electrons. The second-order valence-electron chi connectivity index (χ2n) is 7.47. The first-order valence-electron chi connectivity index (χ1n) is 9.67. The Morgan fingerprint density at radius 2 is 1.94 bits per heavy atom. The van der Waals surface area contributed by atoms with Gasteiger partial charge in [0, 0.05) is 24.2 Å². The average molecular weight is 424 g/mol. The van der Waals surface area contributed by atoms with Gasteiger partial charge in [0.1, 0.15) is 11.9 Å². The summed E-state index contributed by atoms with van der Waals surface area (Å²) in [7, 11) is 0. The van der Waals surface area contributed by atoms with E-state index in [0.717, 1.165) is 23.4 Å². The van der Waals surface area contributed by atoms with Crippen LogP contribution in [0.2, 0.25) is 0 Å². The smallest absolute Gasteiger partial charge is 0.369 e. The summed E-state index contributed by atoms with van der Waals surface area (Å²) >= 11 is 0. The third-order valence-electron chi connectivity index (χ3n) is 5.29. The minimum atomic E-state index is -4.50. The van der Waals surface area contributed by atoms with Crippen LogP contribution in [0.25, 0.3) is 0 Å². The molecule has 1 aromatic carbocycles. The van der Waals surface area contributed by atoms with Crippen molar-refractivity contribution < 1.29 is 13.2 Å². The van der Waals surface area contributed by atoms with Crippen molar-refractivity contribution in [1.82, 2.24) is 15.0 Å². The second-order valence-corrected chi connectivity index (χ2v) is 7.47. The number of nitrogens with zero attached hydrogens (tertiary/aromatic N) is 4. The number of hydrogen-bond donors (Lipinski definition) is 2. The van der Waals surface area contributed by atoms with E-state index < -0.39 is 17.7 Å². The molecule has 0 bridgehead atoms.